The van der Waals surface area contributed by atoms with Crippen LogP contribution in [0.1, 0.15) is 109 Å². The third-order valence-corrected chi connectivity index (χ3v) is 24.5. The van der Waals surface area contributed by atoms with Crippen LogP contribution in [-0.4, -0.2) is 13.2 Å². The molecule has 0 spiro atoms. The highest BCUT2D eigenvalue weighted by molar-refractivity contribution is 6.10. The van der Waals surface area contributed by atoms with E-state index < -0.39 is 5.41 Å². The molecule has 0 aliphatic heterocycles. The molecule has 2 atom stereocenters. The van der Waals surface area contributed by atoms with Crippen LogP contribution in [0.15, 0.2) is 377 Å². The van der Waals surface area contributed by atoms with Crippen LogP contribution < -0.4 is 19.3 Å². The van der Waals surface area contributed by atoms with Gasteiger partial charge in [0.1, 0.15) is 11.5 Å². The van der Waals surface area contributed by atoms with Crippen molar-refractivity contribution in [3.05, 3.63) is 422 Å². The largest absolute Gasteiger partial charge is 0.494 e. The summed E-state index contributed by atoms with van der Waals surface area (Å²) in [7, 11) is 0. The highest BCUT2D eigenvalue weighted by Gasteiger charge is 2.46. The van der Waals surface area contributed by atoms with E-state index in [1.54, 1.807) is 0 Å². The fourth-order valence-electron chi connectivity index (χ4n) is 18.9. The van der Waals surface area contributed by atoms with Gasteiger partial charge in [-0.05, 0) is 261 Å². The van der Waals surface area contributed by atoms with E-state index in [1.807, 2.05) is 36.4 Å². The Morgan fingerprint density at radius 1 is 0.246 bits per heavy atom. The summed E-state index contributed by atoms with van der Waals surface area (Å²) in [6, 6.07) is 136. The topological polar surface area (TPSA) is 24.9 Å². The van der Waals surface area contributed by atoms with Gasteiger partial charge in [-0.25, -0.2) is 0 Å². The Morgan fingerprint density at radius 3 is 1.11 bits per heavy atom. The predicted octanol–water partition coefficient (Wildman–Crippen LogP) is 30.0. The average Bonchev–Trinajstić information content (AvgIpc) is 1.55. The van der Waals surface area contributed by atoms with E-state index in [0.717, 1.165) is 132 Å². The lowest BCUT2D eigenvalue weighted by Gasteiger charge is -2.35. The van der Waals surface area contributed by atoms with Crippen LogP contribution in [0.25, 0.3) is 99.4 Å². The van der Waals surface area contributed by atoms with Crippen molar-refractivity contribution in [3.63, 3.8) is 0 Å². The molecule has 0 aromatic heterocycles. The summed E-state index contributed by atoms with van der Waals surface area (Å²) in [6.07, 6.45) is 14.1. The molecule has 2 unspecified atom stereocenters. The molecule has 4 nitrogen and oxygen atoms in total. The van der Waals surface area contributed by atoms with E-state index >= 15 is 0 Å². The zero-order valence-corrected chi connectivity index (χ0v) is 64.4. The number of fused-ring (bicyclic) bond motifs is 13. The SMILES string of the molecule is C=Cc1ccc(OCCCCCCC2(c3ccccc3)c3ccccc3-c3ccc(N(c4ccc(-c5ccc(N(c6ccc7c(c6)C(CCCCCCOc6ccc(C=C)cc6)(c6ccc8ccccc8c6)c6ccccc6-7)c6ccc7c(ccc8ccccc87)c6)cc5)cc4)c4ccc5c(ccc6ccccc65)c4)cc32)cc1. The predicted molar refractivity (Wildman–Crippen MR) is 483 cm³/mol. The first-order valence-electron chi connectivity index (χ1n) is 40.8. The third-order valence-electron chi connectivity index (χ3n) is 24.5. The van der Waals surface area contributed by atoms with Crippen molar-refractivity contribution in [1.29, 1.82) is 0 Å². The fourth-order valence-corrected chi connectivity index (χ4v) is 18.9. The smallest absolute Gasteiger partial charge is 0.119 e. The molecule has 0 fully saturated rings. The van der Waals surface area contributed by atoms with Crippen LogP contribution in [0, 0.1) is 0 Å². The van der Waals surface area contributed by atoms with E-state index in [0.29, 0.717) is 13.2 Å². The van der Waals surface area contributed by atoms with Crippen LogP contribution in [0.3, 0.4) is 0 Å². The fraction of sp³-hybridized carbons (Fsp3) is 0.127. The van der Waals surface area contributed by atoms with Gasteiger partial charge in [-0.3, -0.25) is 0 Å². The average molecular weight is 1470 g/mol. The second-order valence-electron chi connectivity index (χ2n) is 31.0. The van der Waals surface area contributed by atoms with Crippen molar-refractivity contribution in [3.8, 4) is 44.9 Å². The molecule has 17 aromatic rings. The van der Waals surface area contributed by atoms with Gasteiger partial charge in [0, 0.05) is 45.0 Å². The Bertz CT molecular complexity index is 6420. The van der Waals surface area contributed by atoms with E-state index in [-0.39, 0.29) is 5.41 Å². The second-order valence-corrected chi connectivity index (χ2v) is 31.0. The van der Waals surface area contributed by atoms with Crippen LogP contribution >= 0.6 is 0 Å². The van der Waals surface area contributed by atoms with Gasteiger partial charge >= 0.3 is 0 Å². The molecule has 0 saturated heterocycles. The molecule has 0 heterocycles. The number of unbranched alkanes of at least 4 members (excludes halogenated alkanes) is 6. The number of anilines is 6. The molecule has 17 aromatic carbocycles. The molecule has 0 radical (unpaired) electrons. The van der Waals surface area contributed by atoms with E-state index in [1.165, 1.54) is 109 Å². The monoisotopic (exact) mass is 1470 g/mol. The Labute approximate surface area is 669 Å². The van der Waals surface area contributed by atoms with Gasteiger partial charge < -0.3 is 19.3 Å². The number of ether oxygens (including phenoxy) is 2. The van der Waals surface area contributed by atoms with E-state index in [4.69, 9.17) is 9.47 Å². The lowest BCUT2D eigenvalue weighted by molar-refractivity contribution is 0.303. The molecular formula is C110H90N2O2. The molecule has 2 aliphatic rings. The summed E-state index contributed by atoms with van der Waals surface area (Å²) in [5, 5.41) is 12.4. The van der Waals surface area contributed by atoms with E-state index in [2.05, 4.69) is 363 Å². The normalized spacial score (nSPS) is 14.5. The number of hydrogen-bond acceptors (Lipinski definition) is 4. The zero-order valence-electron chi connectivity index (χ0n) is 64.4. The minimum Gasteiger partial charge on any atom is -0.494 e. The minimum absolute atomic E-state index is 0.373. The maximum atomic E-state index is 6.26. The zero-order chi connectivity index (χ0) is 76.4. The Kier molecular flexibility index (Phi) is 19.4. The molecule has 19 rings (SSSR count). The Hall–Kier alpha value is -13.3. The first kappa shape index (κ1) is 71.1. The van der Waals surface area contributed by atoms with Gasteiger partial charge in [0.15, 0.2) is 0 Å². The van der Waals surface area contributed by atoms with Crippen molar-refractivity contribution in [2.45, 2.75) is 75.0 Å². The van der Waals surface area contributed by atoms with Gasteiger partial charge in [-0.1, -0.05) is 325 Å². The molecule has 0 amide bonds. The van der Waals surface area contributed by atoms with Crippen molar-refractivity contribution < 1.29 is 9.47 Å². The summed E-state index contributed by atoms with van der Waals surface area (Å²) >= 11 is 0. The van der Waals surface area contributed by atoms with Crippen LogP contribution in [0.4, 0.5) is 34.1 Å². The number of nitrogens with zero attached hydrogens (tertiary/aromatic N) is 2. The van der Waals surface area contributed by atoms with Crippen LogP contribution in [-0.2, 0) is 10.8 Å². The summed E-state index contributed by atoms with van der Waals surface area (Å²) in [5.41, 5.74) is 23.6. The molecule has 0 N–H and O–H groups in total. The lowest BCUT2D eigenvalue weighted by Crippen LogP contribution is -2.27. The van der Waals surface area contributed by atoms with Crippen LogP contribution in [0.2, 0.25) is 0 Å². The molecule has 0 saturated carbocycles. The summed E-state index contributed by atoms with van der Waals surface area (Å²) in [5.74, 6) is 1.81. The summed E-state index contributed by atoms with van der Waals surface area (Å²) in [6.45, 7) is 9.23. The van der Waals surface area contributed by atoms with Gasteiger partial charge in [-0.15, -0.1) is 0 Å². The van der Waals surface area contributed by atoms with Gasteiger partial charge in [0.2, 0.25) is 0 Å². The standard InChI is InChI=1S/C110H90N2O2/c1-3-77-38-60-95(61-39-77)113-70-24-7-5-22-68-109(87-30-10-9-11-31-87)105-36-20-18-34-101(105)103-66-58-93(75-107(103)109)111(91-56-64-99-85(73-91)44-42-82-27-14-16-32-97(82)99)89-52-47-80(48-53-89)81-49-54-90(55-50-81)112(92-57-65-100-86(74-92)45-43-83-28-15-17-33-98(83)100)94-59-67-104-102-35-19-21-37-106(102)110(108(104)76-94,88-51-46-79-26-12-13-29-84(79)72-88)69-23-6-8-25-71-114-96-62-40-78(4-2)41-63-96/h3-4,9-21,26-67,72-76H,1-2,5-8,22-25,68-71H2. The Morgan fingerprint density at radius 2 is 0.614 bits per heavy atom. The summed E-state index contributed by atoms with van der Waals surface area (Å²) < 4.78 is 12.5. The number of benzene rings is 17. The summed E-state index contributed by atoms with van der Waals surface area (Å²) in [4.78, 5) is 4.98. The van der Waals surface area contributed by atoms with Gasteiger partial charge in [-0.2, -0.15) is 0 Å². The molecule has 2 aliphatic carbocycles. The van der Waals surface area contributed by atoms with E-state index in [9.17, 15) is 0 Å². The van der Waals surface area contributed by atoms with Crippen molar-refractivity contribution in [1.82, 2.24) is 0 Å². The lowest BCUT2D eigenvalue weighted by atomic mass is 9.68. The first-order chi connectivity index (χ1) is 56.4. The minimum atomic E-state index is -0.422. The van der Waals surface area contributed by atoms with Crippen molar-refractivity contribution in [2.24, 2.45) is 0 Å². The maximum absolute atomic E-state index is 6.26. The second kappa shape index (κ2) is 31.1. The maximum Gasteiger partial charge on any atom is 0.119 e. The molecule has 0 bridgehead atoms. The Balaban J connectivity index is 0.678. The third kappa shape index (κ3) is 13.3. The van der Waals surface area contributed by atoms with Gasteiger partial charge in [0.25, 0.3) is 0 Å². The quantitative estimate of drug-likeness (QED) is 0.0378. The van der Waals surface area contributed by atoms with Crippen molar-refractivity contribution in [2.75, 3.05) is 23.0 Å². The highest BCUT2D eigenvalue weighted by Crippen LogP contribution is 2.59. The molecule has 552 valence electrons. The number of rotatable bonds is 27. The first-order valence-corrected chi connectivity index (χ1v) is 40.8. The van der Waals surface area contributed by atoms with Crippen LogP contribution in [0.5, 0.6) is 11.5 Å². The molecule has 114 heavy (non-hydrogen) atoms. The molecule has 4 heteroatoms. The highest BCUT2D eigenvalue weighted by atomic mass is 16.5. The molecular weight excluding hydrogens is 1380 g/mol. The van der Waals surface area contributed by atoms with Crippen molar-refractivity contribution >= 4 is 100 Å². The number of hydrogen-bond donors (Lipinski definition) is 0. The van der Waals surface area contributed by atoms with Gasteiger partial charge in [0.05, 0.1) is 13.2 Å².